The van der Waals surface area contributed by atoms with E-state index in [0.29, 0.717) is 5.92 Å². The Bertz CT molecular complexity index is 2340. The van der Waals surface area contributed by atoms with Crippen LogP contribution in [0.25, 0.3) is 54.3 Å². The molecule has 56 heavy (non-hydrogen) atoms. The van der Waals surface area contributed by atoms with Crippen LogP contribution in [0.4, 0.5) is 0 Å². The van der Waals surface area contributed by atoms with Crippen LogP contribution in [0.15, 0.2) is 76.9 Å². The fourth-order valence-electron chi connectivity index (χ4n) is 7.27. The molecule has 0 amide bonds. The summed E-state index contributed by atoms with van der Waals surface area (Å²) in [5.41, 5.74) is 8.10. The molecule has 6 rings (SSSR count). The molecule has 4 nitrogen and oxygen atoms in total. The summed E-state index contributed by atoms with van der Waals surface area (Å²) >= 11 is 1.89. The van der Waals surface area contributed by atoms with Crippen LogP contribution in [0, 0.1) is 36.7 Å². The predicted octanol–water partition coefficient (Wildman–Crippen LogP) is 15.1. The van der Waals surface area contributed by atoms with Gasteiger partial charge in [-0.2, -0.15) is 0 Å². The molecule has 0 aliphatic rings. The number of aliphatic hydroxyl groups is 1. The summed E-state index contributed by atoms with van der Waals surface area (Å²) < 4.78 is 7.55. The minimum Gasteiger partial charge on any atom is -0.512 e. The van der Waals surface area contributed by atoms with Crippen molar-refractivity contribution >= 4 is 49.1 Å². The number of fused-ring (bicyclic) bond motifs is 3. The van der Waals surface area contributed by atoms with Gasteiger partial charge in [-0.1, -0.05) is 124 Å². The fourth-order valence-corrected chi connectivity index (χ4v) is 8.40. The normalized spacial score (nSPS) is 12.6. The molecule has 0 aliphatic heterocycles. The van der Waals surface area contributed by atoms with Gasteiger partial charge in [-0.05, 0) is 79.9 Å². The number of rotatable bonds is 11. The van der Waals surface area contributed by atoms with E-state index in [4.69, 9.17) is 9.40 Å². The number of carbonyl (C=O) groups is 1. The molecule has 3 aromatic carbocycles. The van der Waals surface area contributed by atoms with Crippen LogP contribution < -0.4 is 0 Å². The third kappa shape index (κ3) is 9.41. The molecule has 3 heterocycles. The van der Waals surface area contributed by atoms with Crippen molar-refractivity contribution in [2.24, 2.45) is 16.7 Å². The van der Waals surface area contributed by atoms with Gasteiger partial charge >= 0.3 is 0 Å². The second-order valence-electron chi connectivity index (χ2n) is 17.4. The molecular weight excluding hydrogens is 887 g/mol. The molecule has 0 fully saturated rings. The van der Waals surface area contributed by atoms with E-state index in [1.165, 1.54) is 37.6 Å². The number of pyridine rings is 1. The molecule has 6 aromatic rings. The summed E-state index contributed by atoms with van der Waals surface area (Å²) in [6, 6.07) is 25.6. The Morgan fingerprint density at radius 1 is 0.875 bits per heavy atom. The van der Waals surface area contributed by atoms with Crippen molar-refractivity contribution in [2.45, 2.75) is 128 Å². The first-order valence-electron chi connectivity index (χ1n) is 20.2. The molecule has 3 aromatic heterocycles. The predicted molar refractivity (Wildman–Crippen MR) is 236 cm³/mol. The first-order chi connectivity index (χ1) is 25.9. The number of carbonyl (C=O) groups excluding carboxylic acids is 1. The molecule has 0 aliphatic carbocycles. The van der Waals surface area contributed by atoms with Gasteiger partial charge in [-0.3, -0.25) is 9.78 Å². The zero-order valence-electron chi connectivity index (χ0n) is 35.9. The van der Waals surface area contributed by atoms with Crippen molar-refractivity contribution in [2.75, 3.05) is 0 Å². The van der Waals surface area contributed by atoms with Gasteiger partial charge in [0.25, 0.3) is 0 Å². The molecule has 1 N–H and O–H groups in total. The van der Waals surface area contributed by atoms with Gasteiger partial charge in [0.2, 0.25) is 0 Å². The number of furan rings is 1. The second kappa shape index (κ2) is 17.9. The number of aromatic nitrogens is 1. The van der Waals surface area contributed by atoms with E-state index in [9.17, 15) is 9.90 Å². The molecule has 0 atom stereocenters. The number of allylic oxidation sites excluding steroid dienone is 2. The van der Waals surface area contributed by atoms with Gasteiger partial charge in [-0.25, -0.2) is 0 Å². The SMILES string of the molecule is CCC(C)(CC)C(=O)/C=C(\O)C(C)(CC)CC.Cc1cc2nc(-c3[c-]c4ccccc4c(C(C)(C)C)c3)cc(-c3ccc4c(CC(C)C)c(C)sc4c3)c2o1.[Ir]. The number of thiophene rings is 1. The Kier molecular flexibility index (Phi) is 14.4. The van der Waals surface area contributed by atoms with Gasteiger partial charge in [0, 0.05) is 63.9 Å². The zero-order chi connectivity index (χ0) is 40.5. The molecule has 0 spiro atoms. The molecule has 301 valence electrons. The first kappa shape index (κ1) is 45.1. The smallest absolute Gasteiger partial charge is 0.164 e. The number of hydrogen-bond donors (Lipinski definition) is 1. The van der Waals surface area contributed by atoms with Crippen molar-refractivity contribution < 1.29 is 34.4 Å². The van der Waals surface area contributed by atoms with E-state index in [1.54, 1.807) is 0 Å². The van der Waals surface area contributed by atoms with Crippen molar-refractivity contribution in [3.63, 3.8) is 0 Å². The van der Waals surface area contributed by atoms with Crippen LogP contribution in [0.1, 0.15) is 124 Å². The molecule has 6 heteroatoms. The maximum atomic E-state index is 12.2. The summed E-state index contributed by atoms with van der Waals surface area (Å²) in [6.45, 7) is 27.7. The third-order valence-corrected chi connectivity index (χ3v) is 13.1. The number of hydrogen-bond acceptors (Lipinski definition) is 5. The van der Waals surface area contributed by atoms with E-state index in [2.05, 4.69) is 102 Å². The van der Waals surface area contributed by atoms with Gasteiger partial charge in [0.05, 0.1) is 0 Å². The topological polar surface area (TPSA) is 63.3 Å². The minimum absolute atomic E-state index is 0. The average Bonchev–Trinajstić information content (AvgIpc) is 3.69. The Balaban J connectivity index is 0.000000330. The van der Waals surface area contributed by atoms with Crippen molar-refractivity contribution in [1.29, 1.82) is 0 Å². The fraction of sp³-hybridized carbons (Fsp3) is 0.440. The van der Waals surface area contributed by atoms with E-state index in [1.807, 2.05) is 65.9 Å². The Hall–Kier alpha value is -3.57. The molecule has 0 unspecified atom stereocenters. The monoisotopic (exact) mass is 949 g/mol. The van der Waals surface area contributed by atoms with Crippen LogP contribution >= 0.6 is 11.3 Å². The summed E-state index contributed by atoms with van der Waals surface area (Å²) in [4.78, 5) is 18.7. The van der Waals surface area contributed by atoms with Crippen LogP contribution in [-0.4, -0.2) is 15.9 Å². The number of benzene rings is 3. The third-order valence-electron chi connectivity index (χ3n) is 12.0. The number of nitrogens with zero attached hydrogens (tertiary/aromatic N) is 1. The van der Waals surface area contributed by atoms with Crippen LogP contribution in [0.5, 0.6) is 0 Å². The van der Waals surface area contributed by atoms with Crippen molar-refractivity contribution in [3.8, 4) is 22.4 Å². The second-order valence-corrected chi connectivity index (χ2v) is 18.7. The number of aliphatic hydroxyl groups excluding tert-OH is 1. The average molecular weight is 949 g/mol. The number of aryl methyl sites for hydroxylation is 2. The Labute approximate surface area is 353 Å². The maximum absolute atomic E-state index is 12.2. The first-order valence-corrected chi connectivity index (χ1v) is 21.0. The van der Waals surface area contributed by atoms with Crippen molar-refractivity contribution in [1.82, 2.24) is 4.98 Å². The van der Waals surface area contributed by atoms with E-state index in [-0.39, 0.29) is 47.9 Å². The molecular formula is C50H62IrNO3S-. The zero-order valence-corrected chi connectivity index (χ0v) is 39.1. The number of ketones is 1. The van der Waals surface area contributed by atoms with Gasteiger partial charge in [-0.15, -0.1) is 40.5 Å². The summed E-state index contributed by atoms with van der Waals surface area (Å²) in [5.74, 6) is 1.79. The van der Waals surface area contributed by atoms with E-state index >= 15 is 0 Å². The van der Waals surface area contributed by atoms with Crippen molar-refractivity contribution in [3.05, 3.63) is 100 Å². The largest absolute Gasteiger partial charge is 0.512 e. The summed E-state index contributed by atoms with van der Waals surface area (Å²) in [6.07, 6.45) is 5.87. The van der Waals surface area contributed by atoms with Gasteiger partial charge < -0.3 is 9.52 Å². The Morgan fingerprint density at radius 3 is 2.12 bits per heavy atom. The molecule has 0 saturated carbocycles. The quantitative estimate of drug-likeness (QED) is 0.0798. The summed E-state index contributed by atoms with van der Waals surface area (Å²) in [5, 5.41) is 13.9. The molecule has 0 bridgehead atoms. The molecule has 1 radical (unpaired) electrons. The van der Waals surface area contributed by atoms with E-state index < -0.39 is 0 Å². The van der Waals surface area contributed by atoms with Crippen LogP contribution in [0.3, 0.4) is 0 Å². The van der Waals surface area contributed by atoms with Gasteiger partial charge in [0.1, 0.15) is 17.0 Å². The van der Waals surface area contributed by atoms with E-state index in [0.717, 1.165) is 76.7 Å². The van der Waals surface area contributed by atoms with Crippen LogP contribution in [-0.2, 0) is 36.7 Å². The van der Waals surface area contributed by atoms with Gasteiger partial charge in [0.15, 0.2) is 11.4 Å². The Morgan fingerprint density at radius 2 is 1.52 bits per heavy atom. The molecule has 0 saturated heterocycles. The summed E-state index contributed by atoms with van der Waals surface area (Å²) in [7, 11) is 0. The maximum Gasteiger partial charge on any atom is 0.164 e. The minimum atomic E-state index is -0.337. The van der Waals surface area contributed by atoms with Crippen LogP contribution in [0.2, 0.25) is 0 Å². The standard InChI is InChI=1S/C35H34NOS.C15H28O2.Ir/c1-20(2)14-28-22(4)38-33-18-24(12-13-27(28)33)29-19-31(36-32-15-21(3)37-34(29)32)25-16-23-10-8-9-11-26(23)30(17-25)35(5,6)7;1-7-14(5,8-2)12(16)11-13(17)15(6,9-3)10-4;/h8-13,15,17-20H,14H2,1-7H3;11,16H,7-10H2,1-6H3;/q-1;;/b;12-11-;.